The molecule has 1 amide bonds. The minimum absolute atomic E-state index is 0.00695. The highest BCUT2D eigenvalue weighted by atomic mass is 16.5. The maximum absolute atomic E-state index is 12.5. The fourth-order valence-electron chi connectivity index (χ4n) is 4.98. The number of nitrogens with zero attached hydrogens (tertiary/aromatic N) is 1. The van der Waals surface area contributed by atoms with Gasteiger partial charge >= 0.3 is 5.97 Å². The number of ether oxygens (including phenoxy) is 1. The van der Waals surface area contributed by atoms with Gasteiger partial charge in [0.2, 0.25) is 0 Å². The molecule has 1 fully saturated rings. The van der Waals surface area contributed by atoms with E-state index in [1.807, 2.05) is 24.3 Å². The highest BCUT2D eigenvalue weighted by Gasteiger charge is 2.30. The van der Waals surface area contributed by atoms with Gasteiger partial charge in [0.25, 0.3) is 5.91 Å². The van der Waals surface area contributed by atoms with Crippen LogP contribution in [0.25, 0.3) is 11.0 Å². The number of amides is 1. The van der Waals surface area contributed by atoms with E-state index >= 15 is 0 Å². The smallest absolute Gasteiger partial charge is 0.307 e. The second kappa shape index (κ2) is 11.8. The first-order valence-corrected chi connectivity index (χ1v) is 12.7. The molecule has 1 unspecified atom stereocenters. The molecular formula is C29H33N3O4. The van der Waals surface area contributed by atoms with Crippen LogP contribution in [0.15, 0.2) is 46.9 Å². The summed E-state index contributed by atoms with van der Waals surface area (Å²) in [7, 11) is 0. The Bertz CT molecular complexity index is 1250. The van der Waals surface area contributed by atoms with Crippen LogP contribution in [-0.4, -0.2) is 25.0 Å². The number of benzene rings is 2. The molecule has 188 valence electrons. The summed E-state index contributed by atoms with van der Waals surface area (Å²) in [5.41, 5.74) is 3.91. The highest BCUT2D eigenvalue weighted by molar-refractivity contribution is 5.94. The lowest BCUT2D eigenvalue weighted by molar-refractivity contribution is -0.142. The van der Waals surface area contributed by atoms with Crippen LogP contribution in [0.2, 0.25) is 0 Å². The van der Waals surface area contributed by atoms with Gasteiger partial charge in [-0.15, -0.1) is 0 Å². The number of fused-ring (bicyclic) bond motifs is 1. The fourth-order valence-corrected chi connectivity index (χ4v) is 4.98. The summed E-state index contributed by atoms with van der Waals surface area (Å²) < 4.78 is 11.2. The van der Waals surface area contributed by atoms with E-state index in [2.05, 4.69) is 23.6 Å². The van der Waals surface area contributed by atoms with Gasteiger partial charge in [-0.3, -0.25) is 9.59 Å². The van der Waals surface area contributed by atoms with E-state index in [4.69, 9.17) is 9.15 Å². The van der Waals surface area contributed by atoms with E-state index in [-0.39, 0.29) is 30.9 Å². The normalized spacial score (nSPS) is 14.7. The second-order valence-corrected chi connectivity index (χ2v) is 9.32. The Morgan fingerprint density at radius 1 is 1.14 bits per heavy atom. The van der Waals surface area contributed by atoms with Crippen LogP contribution < -0.4 is 10.6 Å². The van der Waals surface area contributed by atoms with Crippen LogP contribution in [-0.2, 0) is 9.53 Å². The van der Waals surface area contributed by atoms with Gasteiger partial charge in [0, 0.05) is 28.7 Å². The number of esters is 1. The third kappa shape index (κ3) is 5.88. The Labute approximate surface area is 211 Å². The largest absolute Gasteiger partial charge is 0.466 e. The molecule has 7 nitrogen and oxygen atoms in total. The first-order valence-electron chi connectivity index (χ1n) is 12.7. The number of furan rings is 1. The first-order chi connectivity index (χ1) is 17.5. The predicted molar refractivity (Wildman–Crippen MR) is 139 cm³/mol. The summed E-state index contributed by atoms with van der Waals surface area (Å²) in [5, 5.41) is 16.7. The van der Waals surface area contributed by atoms with Crippen molar-refractivity contribution in [3.05, 3.63) is 64.9 Å². The van der Waals surface area contributed by atoms with Crippen molar-refractivity contribution in [2.45, 2.75) is 58.4 Å². The van der Waals surface area contributed by atoms with Gasteiger partial charge in [0.1, 0.15) is 11.3 Å². The number of nitriles is 1. The Morgan fingerprint density at radius 2 is 1.89 bits per heavy atom. The number of hydrogen-bond donors (Lipinski definition) is 2. The summed E-state index contributed by atoms with van der Waals surface area (Å²) in [4.78, 5) is 23.9. The fraction of sp³-hybridized carbons (Fsp3) is 0.414. The number of aryl methyl sites for hydroxylation is 1. The van der Waals surface area contributed by atoms with Crippen molar-refractivity contribution < 1.29 is 18.7 Å². The molecule has 1 aliphatic rings. The van der Waals surface area contributed by atoms with Crippen molar-refractivity contribution in [3.8, 4) is 6.07 Å². The standard InChI is InChI=1S/C29H33N3O4/c1-3-35-26(33)15-16-31-29(34)22-10-12-23(13-11-22)32-27(21-7-5-4-6-8-21)28-19(2)24-17-20(18-30)9-14-25(24)36-28/h9-14,17,21,27,32H,3-8,15-16H2,1-2H3,(H,31,34). The average molecular weight is 488 g/mol. The second-order valence-electron chi connectivity index (χ2n) is 9.32. The topological polar surface area (TPSA) is 104 Å². The number of carbonyl (C=O) groups excluding carboxylic acids is 2. The van der Waals surface area contributed by atoms with Gasteiger partial charge < -0.3 is 19.8 Å². The summed E-state index contributed by atoms with van der Waals surface area (Å²) in [6, 6.07) is 15.1. The minimum atomic E-state index is -0.323. The number of carbonyl (C=O) groups is 2. The summed E-state index contributed by atoms with van der Waals surface area (Å²) >= 11 is 0. The third-order valence-electron chi connectivity index (χ3n) is 6.90. The highest BCUT2D eigenvalue weighted by Crippen LogP contribution is 2.41. The Morgan fingerprint density at radius 3 is 2.58 bits per heavy atom. The average Bonchev–Trinajstić information content (AvgIpc) is 3.23. The maximum atomic E-state index is 12.5. The summed E-state index contributed by atoms with van der Waals surface area (Å²) in [5.74, 6) is 0.791. The molecule has 4 rings (SSSR count). The van der Waals surface area contributed by atoms with Crippen LogP contribution in [0, 0.1) is 24.2 Å². The molecule has 0 saturated heterocycles. The van der Waals surface area contributed by atoms with Crippen molar-refractivity contribution in [1.29, 1.82) is 5.26 Å². The van der Waals surface area contributed by atoms with E-state index < -0.39 is 0 Å². The minimum Gasteiger partial charge on any atom is -0.466 e. The van der Waals surface area contributed by atoms with Crippen molar-refractivity contribution in [1.82, 2.24) is 5.32 Å². The van der Waals surface area contributed by atoms with Gasteiger partial charge in [-0.25, -0.2) is 0 Å². The zero-order valence-corrected chi connectivity index (χ0v) is 20.9. The van der Waals surface area contributed by atoms with E-state index in [0.29, 0.717) is 23.7 Å². The van der Waals surface area contributed by atoms with Crippen molar-refractivity contribution in [3.63, 3.8) is 0 Å². The molecule has 1 atom stereocenters. The number of rotatable bonds is 9. The molecule has 1 heterocycles. The van der Waals surface area contributed by atoms with Gasteiger partial charge in [-0.1, -0.05) is 19.3 Å². The van der Waals surface area contributed by atoms with Crippen LogP contribution in [0.4, 0.5) is 5.69 Å². The molecule has 0 aliphatic heterocycles. The van der Waals surface area contributed by atoms with E-state index in [0.717, 1.165) is 40.8 Å². The number of hydrogen-bond acceptors (Lipinski definition) is 6. The molecule has 0 bridgehead atoms. The lowest BCUT2D eigenvalue weighted by Gasteiger charge is -2.31. The van der Waals surface area contributed by atoms with Crippen molar-refractivity contribution in [2.75, 3.05) is 18.5 Å². The van der Waals surface area contributed by atoms with Gasteiger partial charge in [-0.05, 0) is 75.1 Å². The van der Waals surface area contributed by atoms with Gasteiger partial charge in [0.15, 0.2) is 0 Å². The zero-order valence-electron chi connectivity index (χ0n) is 20.9. The zero-order chi connectivity index (χ0) is 25.5. The number of anilines is 1. The SMILES string of the molecule is CCOC(=O)CCNC(=O)c1ccc(NC(c2oc3ccc(C#N)cc3c2C)C2CCCCC2)cc1. The van der Waals surface area contributed by atoms with Crippen molar-refractivity contribution in [2.24, 2.45) is 5.92 Å². The van der Waals surface area contributed by atoms with Crippen LogP contribution in [0.5, 0.6) is 0 Å². The van der Waals surface area contributed by atoms with Gasteiger partial charge in [0.05, 0.1) is 30.7 Å². The molecule has 36 heavy (non-hydrogen) atoms. The maximum Gasteiger partial charge on any atom is 0.307 e. The molecular weight excluding hydrogens is 454 g/mol. The molecule has 0 spiro atoms. The third-order valence-corrected chi connectivity index (χ3v) is 6.90. The van der Waals surface area contributed by atoms with Gasteiger partial charge in [-0.2, -0.15) is 5.26 Å². The summed E-state index contributed by atoms with van der Waals surface area (Å²) in [6.07, 6.45) is 6.05. The molecule has 2 aromatic carbocycles. The molecule has 2 N–H and O–H groups in total. The van der Waals surface area contributed by atoms with Crippen LogP contribution >= 0.6 is 0 Å². The lowest BCUT2D eigenvalue weighted by Crippen LogP contribution is -2.26. The van der Waals surface area contributed by atoms with Crippen LogP contribution in [0.3, 0.4) is 0 Å². The van der Waals surface area contributed by atoms with Crippen LogP contribution in [0.1, 0.15) is 78.7 Å². The van der Waals surface area contributed by atoms with E-state index in [1.54, 1.807) is 25.1 Å². The van der Waals surface area contributed by atoms with E-state index in [9.17, 15) is 14.9 Å². The van der Waals surface area contributed by atoms with Crippen molar-refractivity contribution >= 4 is 28.5 Å². The predicted octanol–water partition coefficient (Wildman–Crippen LogP) is 6.03. The van der Waals surface area contributed by atoms with E-state index in [1.165, 1.54) is 19.3 Å². The number of nitrogens with one attached hydrogen (secondary N) is 2. The quantitative estimate of drug-likeness (QED) is 0.357. The molecule has 1 aliphatic carbocycles. The Hall–Kier alpha value is -3.79. The molecule has 3 aromatic rings. The monoisotopic (exact) mass is 487 g/mol. The molecule has 1 saturated carbocycles. The molecule has 1 aromatic heterocycles. The lowest BCUT2D eigenvalue weighted by atomic mass is 9.82. The summed E-state index contributed by atoms with van der Waals surface area (Å²) in [6.45, 7) is 4.38. The molecule has 0 radical (unpaired) electrons. The Balaban J connectivity index is 1.51. The molecule has 7 heteroatoms. The Kier molecular flexibility index (Phi) is 8.27. The first kappa shape index (κ1) is 25.3.